The third-order valence-electron chi connectivity index (χ3n) is 11.9. The number of furan rings is 1. The summed E-state index contributed by atoms with van der Waals surface area (Å²) in [6, 6.07) is 89.0. The number of nitrogens with zero attached hydrogens (tertiary/aromatic N) is 1. The summed E-state index contributed by atoms with van der Waals surface area (Å²) in [5, 5.41) is 2.22. The second kappa shape index (κ2) is 16.1. The molecule has 11 aromatic rings. The van der Waals surface area contributed by atoms with E-state index in [9.17, 15) is 0 Å². The molecule has 0 saturated carbocycles. The molecule has 2 heteroatoms. The maximum Gasteiger partial charge on any atom is 0.143 e. The fourth-order valence-electron chi connectivity index (χ4n) is 8.73. The number of fused-ring (bicyclic) bond motifs is 3. The van der Waals surface area contributed by atoms with E-state index in [2.05, 4.69) is 254 Å². The van der Waals surface area contributed by atoms with Crippen molar-refractivity contribution < 1.29 is 4.42 Å². The SMILES string of the molecule is c1ccc(-c2ccc(-c3ccc(N(c4ccc(-c5ccccc5)cc4)c4cc(-c5ccccc5)ccc4-c4ccc5c(c4)oc4c(-c6ccccc6)cccc45)cc3)cc2)cc1. The summed E-state index contributed by atoms with van der Waals surface area (Å²) in [7, 11) is 0. The summed E-state index contributed by atoms with van der Waals surface area (Å²) < 4.78 is 6.79. The van der Waals surface area contributed by atoms with E-state index in [-0.39, 0.29) is 0 Å². The molecule has 0 fully saturated rings. The van der Waals surface area contributed by atoms with Crippen molar-refractivity contribution in [3.05, 3.63) is 249 Å². The van der Waals surface area contributed by atoms with Gasteiger partial charge in [-0.1, -0.05) is 206 Å². The standard InChI is InChI=1S/C60H41NO/c1-5-14-42(15-6-1)45-24-26-46(27-25-45)48-30-36-53(37-31-48)61(52-34-28-47(29-35-52)43-16-7-2-8-17-43)58-40-50(44-18-9-3-10-19-44)32-38-54(58)51-33-39-56-57-23-13-22-55(49-20-11-4-12-21-49)60(57)62-59(56)41-51/h1-41H. The average molecular weight is 792 g/mol. The van der Waals surface area contributed by atoms with Crippen molar-refractivity contribution in [2.24, 2.45) is 0 Å². The zero-order valence-electron chi connectivity index (χ0n) is 34.0. The molecule has 0 aliphatic heterocycles. The highest BCUT2D eigenvalue weighted by Crippen LogP contribution is 2.45. The second-order valence-corrected chi connectivity index (χ2v) is 15.7. The molecule has 0 N–H and O–H groups in total. The van der Waals surface area contributed by atoms with Crippen LogP contribution in [0, 0.1) is 0 Å². The highest BCUT2D eigenvalue weighted by Gasteiger charge is 2.21. The van der Waals surface area contributed by atoms with Crippen LogP contribution in [0.25, 0.3) is 88.7 Å². The van der Waals surface area contributed by atoms with Crippen molar-refractivity contribution in [3.63, 3.8) is 0 Å². The van der Waals surface area contributed by atoms with Gasteiger partial charge in [0.1, 0.15) is 11.2 Å². The van der Waals surface area contributed by atoms with Gasteiger partial charge in [0.15, 0.2) is 0 Å². The summed E-state index contributed by atoms with van der Waals surface area (Å²) in [4.78, 5) is 2.40. The number of hydrogen-bond donors (Lipinski definition) is 0. The highest BCUT2D eigenvalue weighted by atomic mass is 16.3. The Morgan fingerprint density at radius 1 is 0.258 bits per heavy atom. The lowest BCUT2D eigenvalue weighted by Crippen LogP contribution is -2.11. The molecule has 0 radical (unpaired) electrons. The van der Waals surface area contributed by atoms with Gasteiger partial charge in [0.05, 0.1) is 5.69 Å². The molecule has 2 nitrogen and oxygen atoms in total. The first-order valence-corrected chi connectivity index (χ1v) is 21.2. The quantitative estimate of drug-likeness (QED) is 0.145. The predicted octanol–water partition coefficient (Wildman–Crippen LogP) is 17.1. The fourth-order valence-corrected chi connectivity index (χ4v) is 8.73. The molecule has 0 bridgehead atoms. The van der Waals surface area contributed by atoms with Crippen molar-refractivity contribution >= 4 is 39.0 Å². The highest BCUT2D eigenvalue weighted by molar-refractivity contribution is 6.10. The van der Waals surface area contributed by atoms with Crippen molar-refractivity contribution in [1.82, 2.24) is 0 Å². The number of benzene rings is 10. The lowest BCUT2D eigenvalue weighted by atomic mass is 9.95. The molecule has 0 saturated heterocycles. The minimum absolute atomic E-state index is 0.861. The normalized spacial score (nSPS) is 11.2. The molecule has 1 aromatic heterocycles. The molecule has 0 atom stereocenters. The third-order valence-corrected chi connectivity index (χ3v) is 11.9. The van der Waals surface area contributed by atoms with Crippen molar-refractivity contribution in [3.8, 4) is 66.8 Å². The Kier molecular flexibility index (Phi) is 9.57. The van der Waals surface area contributed by atoms with E-state index in [1.165, 1.54) is 27.8 Å². The van der Waals surface area contributed by atoms with E-state index in [1.807, 2.05) is 0 Å². The zero-order chi connectivity index (χ0) is 41.2. The molecule has 0 spiro atoms. The van der Waals surface area contributed by atoms with Crippen LogP contribution in [0.2, 0.25) is 0 Å². The fraction of sp³-hybridized carbons (Fsp3) is 0. The van der Waals surface area contributed by atoms with Gasteiger partial charge in [-0.15, -0.1) is 0 Å². The molecule has 10 aromatic carbocycles. The Balaban J connectivity index is 1.06. The van der Waals surface area contributed by atoms with Crippen LogP contribution < -0.4 is 4.90 Å². The number of hydrogen-bond acceptors (Lipinski definition) is 2. The molecule has 0 amide bonds. The summed E-state index contributed by atoms with van der Waals surface area (Å²) in [5.41, 5.74) is 18.8. The van der Waals surface area contributed by atoms with Gasteiger partial charge in [0.2, 0.25) is 0 Å². The van der Waals surface area contributed by atoms with E-state index in [1.54, 1.807) is 0 Å². The van der Waals surface area contributed by atoms with Gasteiger partial charge in [-0.3, -0.25) is 0 Å². The van der Waals surface area contributed by atoms with Gasteiger partial charge in [-0.2, -0.15) is 0 Å². The molecule has 0 aliphatic rings. The Bertz CT molecular complexity index is 3280. The maximum atomic E-state index is 6.79. The maximum absolute atomic E-state index is 6.79. The number of para-hydroxylation sites is 1. The van der Waals surface area contributed by atoms with Crippen LogP contribution in [0.4, 0.5) is 17.1 Å². The van der Waals surface area contributed by atoms with Gasteiger partial charge < -0.3 is 9.32 Å². The van der Waals surface area contributed by atoms with Crippen LogP contribution in [0.15, 0.2) is 253 Å². The Labute approximate surface area is 362 Å². The smallest absolute Gasteiger partial charge is 0.143 e. The molecule has 62 heavy (non-hydrogen) atoms. The number of rotatable bonds is 9. The first-order chi connectivity index (χ1) is 30.7. The monoisotopic (exact) mass is 791 g/mol. The lowest BCUT2D eigenvalue weighted by molar-refractivity contribution is 0.670. The van der Waals surface area contributed by atoms with Crippen LogP contribution >= 0.6 is 0 Å². The second-order valence-electron chi connectivity index (χ2n) is 15.7. The Hall–Kier alpha value is -8.20. The first kappa shape index (κ1) is 36.8. The number of anilines is 3. The summed E-state index contributed by atoms with van der Waals surface area (Å²) in [6.45, 7) is 0. The largest absolute Gasteiger partial charge is 0.455 e. The van der Waals surface area contributed by atoms with Crippen LogP contribution in [0.3, 0.4) is 0 Å². The van der Waals surface area contributed by atoms with Crippen LogP contribution in [0.5, 0.6) is 0 Å². The van der Waals surface area contributed by atoms with Gasteiger partial charge in [-0.05, 0) is 98.1 Å². The van der Waals surface area contributed by atoms with E-state index in [4.69, 9.17) is 4.42 Å². The molecular weight excluding hydrogens is 751 g/mol. The van der Waals surface area contributed by atoms with Gasteiger partial charge in [0, 0.05) is 33.3 Å². The Morgan fingerprint density at radius 2 is 0.677 bits per heavy atom. The molecule has 292 valence electrons. The van der Waals surface area contributed by atoms with E-state index in [0.29, 0.717) is 0 Å². The van der Waals surface area contributed by atoms with E-state index >= 15 is 0 Å². The van der Waals surface area contributed by atoms with Crippen molar-refractivity contribution in [2.45, 2.75) is 0 Å². The summed E-state index contributed by atoms with van der Waals surface area (Å²) >= 11 is 0. The van der Waals surface area contributed by atoms with Crippen molar-refractivity contribution in [2.75, 3.05) is 4.90 Å². The summed E-state index contributed by atoms with van der Waals surface area (Å²) in [6.07, 6.45) is 0. The van der Waals surface area contributed by atoms with Crippen LogP contribution in [0.1, 0.15) is 0 Å². The lowest BCUT2D eigenvalue weighted by Gasteiger charge is -2.29. The Morgan fingerprint density at radius 3 is 1.19 bits per heavy atom. The predicted molar refractivity (Wildman–Crippen MR) is 261 cm³/mol. The van der Waals surface area contributed by atoms with Gasteiger partial charge >= 0.3 is 0 Å². The van der Waals surface area contributed by atoms with E-state index < -0.39 is 0 Å². The third kappa shape index (κ3) is 7.04. The average Bonchev–Trinajstić information content (AvgIpc) is 3.74. The molecule has 11 rings (SSSR count). The topological polar surface area (TPSA) is 16.4 Å². The minimum atomic E-state index is 0.861. The molecule has 0 aliphatic carbocycles. The van der Waals surface area contributed by atoms with Crippen molar-refractivity contribution in [1.29, 1.82) is 0 Å². The minimum Gasteiger partial charge on any atom is -0.455 e. The van der Waals surface area contributed by atoms with Crippen LogP contribution in [-0.2, 0) is 0 Å². The van der Waals surface area contributed by atoms with Gasteiger partial charge in [-0.25, -0.2) is 0 Å². The molecular formula is C60H41NO. The molecule has 1 heterocycles. The van der Waals surface area contributed by atoms with E-state index in [0.717, 1.165) is 77.9 Å². The molecule has 0 unspecified atom stereocenters. The zero-order valence-corrected chi connectivity index (χ0v) is 34.0. The first-order valence-electron chi connectivity index (χ1n) is 21.2. The summed E-state index contributed by atoms with van der Waals surface area (Å²) in [5.74, 6) is 0. The van der Waals surface area contributed by atoms with Crippen LogP contribution in [-0.4, -0.2) is 0 Å². The van der Waals surface area contributed by atoms with Gasteiger partial charge in [0.25, 0.3) is 0 Å².